The van der Waals surface area contributed by atoms with Crippen molar-refractivity contribution in [1.82, 2.24) is 0 Å². The Hall–Kier alpha value is -2.86. The van der Waals surface area contributed by atoms with Crippen LogP contribution in [0.4, 0.5) is 11.4 Å². The number of amides is 1. The van der Waals surface area contributed by atoms with Gasteiger partial charge in [0.25, 0.3) is 5.91 Å². The molecular weight excluding hydrogens is 328 g/mol. The van der Waals surface area contributed by atoms with Crippen LogP contribution >= 0.6 is 11.6 Å². The lowest BCUT2D eigenvalue weighted by molar-refractivity contribution is -0.110. The largest absolute Gasteiger partial charge is 0.410 e. The normalized spacial score (nSPS) is 12.0. The fraction of sp³-hybridized carbons (Fsp3) is 0.118. The van der Waals surface area contributed by atoms with Crippen molar-refractivity contribution in [2.75, 3.05) is 10.7 Å². The summed E-state index contributed by atoms with van der Waals surface area (Å²) in [6, 6.07) is 14.2. The number of oxime groups is 1. The van der Waals surface area contributed by atoms with E-state index >= 15 is 0 Å². The second kappa shape index (κ2) is 8.12. The van der Waals surface area contributed by atoms with Crippen LogP contribution in [0.25, 0.3) is 0 Å². The second-order valence-electron chi connectivity index (χ2n) is 5.03. The first-order valence-corrected chi connectivity index (χ1v) is 7.54. The Labute approximate surface area is 144 Å². The maximum Gasteiger partial charge on any atom is 0.279 e. The van der Waals surface area contributed by atoms with Gasteiger partial charge in [-0.3, -0.25) is 10.2 Å². The number of hydrogen-bond acceptors (Lipinski definition) is 5. The molecule has 24 heavy (non-hydrogen) atoms. The molecule has 0 aliphatic carbocycles. The summed E-state index contributed by atoms with van der Waals surface area (Å²) in [5, 5.41) is 19.6. The first-order chi connectivity index (χ1) is 11.5. The Bertz CT molecular complexity index is 785. The monoisotopic (exact) mass is 344 g/mol. The number of aryl methyl sites for hydroxylation is 1. The predicted octanol–water partition coefficient (Wildman–Crippen LogP) is 3.91. The number of nitrogens with one attached hydrogen (secondary N) is 2. The number of halogens is 1. The Balaban J connectivity index is 2.09. The standard InChI is InChI=1S/C17H17ClN4O2/c1-11-5-3-4-6-15(11)19-17(23)16(22-24)12(2)20-21-14-9-7-13(18)8-10-14/h3-10,21,24H,1-2H3,(H,19,23)/b20-12-,22-16-. The summed E-state index contributed by atoms with van der Waals surface area (Å²) in [4.78, 5) is 12.3. The molecule has 0 unspecified atom stereocenters. The van der Waals surface area contributed by atoms with Gasteiger partial charge < -0.3 is 10.5 Å². The third-order valence-electron chi connectivity index (χ3n) is 3.25. The molecule has 2 aromatic carbocycles. The number of carbonyl (C=O) groups excluding carboxylic acids is 1. The summed E-state index contributed by atoms with van der Waals surface area (Å²) in [6.07, 6.45) is 0. The average Bonchev–Trinajstić information content (AvgIpc) is 2.57. The second-order valence-corrected chi connectivity index (χ2v) is 5.47. The molecule has 2 aromatic rings. The SMILES string of the molecule is CC(=N/Nc1ccc(Cl)cc1)/C(=N/O)C(=O)Nc1ccccc1C. The Morgan fingerprint density at radius 1 is 1.12 bits per heavy atom. The molecule has 7 heteroatoms. The van der Waals surface area contributed by atoms with Gasteiger partial charge in [-0.05, 0) is 49.7 Å². The van der Waals surface area contributed by atoms with Crippen molar-refractivity contribution in [3.05, 3.63) is 59.1 Å². The van der Waals surface area contributed by atoms with Crippen LogP contribution in [0.5, 0.6) is 0 Å². The van der Waals surface area contributed by atoms with Gasteiger partial charge in [-0.15, -0.1) is 0 Å². The van der Waals surface area contributed by atoms with Crippen LogP contribution in [0, 0.1) is 6.92 Å². The minimum absolute atomic E-state index is 0.181. The van der Waals surface area contributed by atoms with Crippen LogP contribution < -0.4 is 10.7 Å². The van der Waals surface area contributed by atoms with E-state index in [2.05, 4.69) is 21.0 Å². The number of rotatable bonds is 5. The summed E-state index contributed by atoms with van der Waals surface area (Å²) in [5.74, 6) is -0.550. The molecule has 0 fully saturated rings. The van der Waals surface area contributed by atoms with Gasteiger partial charge in [-0.2, -0.15) is 5.10 Å². The van der Waals surface area contributed by atoms with Crippen LogP contribution in [-0.4, -0.2) is 22.5 Å². The van der Waals surface area contributed by atoms with Crippen LogP contribution in [0.2, 0.25) is 5.02 Å². The zero-order valence-electron chi connectivity index (χ0n) is 13.2. The molecule has 0 heterocycles. The van der Waals surface area contributed by atoms with Crippen molar-refractivity contribution in [3.63, 3.8) is 0 Å². The predicted molar refractivity (Wildman–Crippen MR) is 97.2 cm³/mol. The molecule has 2 rings (SSSR count). The first kappa shape index (κ1) is 17.5. The van der Waals surface area contributed by atoms with Gasteiger partial charge in [0.05, 0.1) is 11.4 Å². The van der Waals surface area contributed by atoms with E-state index < -0.39 is 5.91 Å². The molecule has 0 aliphatic rings. The van der Waals surface area contributed by atoms with Gasteiger partial charge in [0, 0.05) is 10.7 Å². The van der Waals surface area contributed by atoms with Crippen molar-refractivity contribution in [2.24, 2.45) is 10.3 Å². The summed E-state index contributed by atoms with van der Waals surface area (Å²) in [6.45, 7) is 3.43. The van der Waals surface area contributed by atoms with E-state index in [9.17, 15) is 4.79 Å². The fourth-order valence-corrected chi connectivity index (χ4v) is 2.03. The van der Waals surface area contributed by atoms with Crippen molar-refractivity contribution < 1.29 is 10.0 Å². The number of benzene rings is 2. The number of anilines is 2. The molecule has 0 aliphatic heterocycles. The van der Waals surface area contributed by atoms with Gasteiger partial charge in [-0.1, -0.05) is 35.0 Å². The highest BCUT2D eigenvalue weighted by atomic mass is 35.5. The van der Waals surface area contributed by atoms with Gasteiger partial charge in [0.1, 0.15) is 0 Å². The van der Waals surface area contributed by atoms with Crippen molar-refractivity contribution in [3.8, 4) is 0 Å². The highest BCUT2D eigenvalue weighted by molar-refractivity contribution is 6.68. The molecule has 0 saturated heterocycles. The van der Waals surface area contributed by atoms with Crippen molar-refractivity contribution in [1.29, 1.82) is 0 Å². The molecule has 0 saturated carbocycles. The van der Waals surface area contributed by atoms with E-state index in [1.54, 1.807) is 43.3 Å². The number of nitrogens with zero attached hydrogens (tertiary/aromatic N) is 2. The lowest BCUT2D eigenvalue weighted by atomic mass is 10.2. The summed E-state index contributed by atoms with van der Waals surface area (Å²) >= 11 is 5.81. The van der Waals surface area contributed by atoms with E-state index in [0.717, 1.165) is 5.56 Å². The number of para-hydroxylation sites is 1. The Morgan fingerprint density at radius 2 is 1.79 bits per heavy atom. The highest BCUT2D eigenvalue weighted by Gasteiger charge is 2.17. The molecule has 3 N–H and O–H groups in total. The smallest absolute Gasteiger partial charge is 0.279 e. The minimum atomic E-state index is -0.550. The van der Waals surface area contributed by atoms with Gasteiger partial charge in [0.15, 0.2) is 5.71 Å². The molecule has 0 bridgehead atoms. The topological polar surface area (TPSA) is 86.1 Å². The van der Waals surface area contributed by atoms with Gasteiger partial charge in [0.2, 0.25) is 0 Å². The molecule has 0 radical (unpaired) electrons. The number of hydrogen-bond donors (Lipinski definition) is 3. The Kier molecular flexibility index (Phi) is 5.92. The zero-order chi connectivity index (χ0) is 17.5. The van der Waals surface area contributed by atoms with Crippen LogP contribution in [0.1, 0.15) is 12.5 Å². The van der Waals surface area contributed by atoms with E-state index in [1.165, 1.54) is 0 Å². The Morgan fingerprint density at radius 3 is 2.42 bits per heavy atom. The zero-order valence-corrected chi connectivity index (χ0v) is 14.0. The van der Waals surface area contributed by atoms with Crippen molar-refractivity contribution >= 4 is 40.3 Å². The molecule has 124 valence electrons. The molecular formula is C17H17ClN4O2. The highest BCUT2D eigenvalue weighted by Crippen LogP contribution is 2.14. The summed E-state index contributed by atoms with van der Waals surface area (Å²) in [5.41, 5.74) is 5.06. The lowest BCUT2D eigenvalue weighted by Crippen LogP contribution is -2.29. The van der Waals surface area contributed by atoms with Crippen LogP contribution in [0.3, 0.4) is 0 Å². The third kappa shape index (κ3) is 4.57. The van der Waals surface area contributed by atoms with E-state index in [4.69, 9.17) is 16.8 Å². The van der Waals surface area contributed by atoms with Gasteiger partial charge >= 0.3 is 0 Å². The maximum absolute atomic E-state index is 12.3. The molecule has 0 atom stereocenters. The van der Waals surface area contributed by atoms with Crippen LogP contribution in [0.15, 0.2) is 58.8 Å². The van der Waals surface area contributed by atoms with Crippen LogP contribution in [-0.2, 0) is 4.79 Å². The van der Waals surface area contributed by atoms with E-state index in [1.807, 2.05) is 19.1 Å². The van der Waals surface area contributed by atoms with Gasteiger partial charge in [-0.25, -0.2) is 0 Å². The van der Waals surface area contributed by atoms with Crippen molar-refractivity contribution in [2.45, 2.75) is 13.8 Å². The first-order valence-electron chi connectivity index (χ1n) is 7.16. The molecule has 6 nitrogen and oxygen atoms in total. The molecule has 0 spiro atoms. The lowest BCUT2D eigenvalue weighted by Gasteiger charge is -2.09. The molecule has 0 aromatic heterocycles. The quantitative estimate of drug-likeness (QED) is 0.436. The summed E-state index contributed by atoms with van der Waals surface area (Å²) < 4.78 is 0. The number of carbonyl (C=O) groups is 1. The van der Waals surface area contributed by atoms with E-state index in [-0.39, 0.29) is 11.4 Å². The average molecular weight is 345 g/mol. The maximum atomic E-state index is 12.3. The fourth-order valence-electron chi connectivity index (χ4n) is 1.90. The molecule has 1 amide bonds. The minimum Gasteiger partial charge on any atom is -0.410 e. The third-order valence-corrected chi connectivity index (χ3v) is 3.50. The summed E-state index contributed by atoms with van der Waals surface area (Å²) in [7, 11) is 0. The number of hydrazone groups is 1. The van der Waals surface area contributed by atoms with E-state index in [0.29, 0.717) is 16.4 Å².